The molecule has 2 rings (SSSR count). The van der Waals surface area contributed by atoms with Crippen LogP contribution in [0, 0.1) is 17.2 Å². The van der Waals surface area contributed by atoms with Gasteiger partial charge in [0.1, 0.15) is 0 Å². The van der Waals surface area contributed by atoms with Gasteiger partial charge in [-0.05, 0) is 24.1 Å². The molecular formula is C17H24N4O2. The minimum atomic E-state index is -0.287. The molecule has 2 N–H and O–H groups in total. The zero-order valence-electron chi connectivity index (χ0n) is 13.7. The van der Waals surface area contributed by atoms with Gasteiger partial charge in [0, 0.05) is 31.9 Å². The van der Waals surface area contributed by atoms with E-state index in [1.807, 2.05) is 6.07 Å². The lowest BCUT2D eigenvalue weighted by atomic mass is 10.2. The number of hydrogen-bond donors (Lipinski definition) is 2. The van der Waals surface area contributed by atoms with E-state index in [2.05, 4.69) is 29.4 Å². The highest BCUT2D eigenvalue weighted by atomic mass is 16.5. The van der Waals surface area contributed by atoms with Gasteiger partial charge in [0.15, 0.2) is 0 Å². The van der Waals surface area contributed by atoms with Crippen molar-refractivity contribution in [1.82, 2.24) is 10.2 Å². The molecule has 1 heterocycles. The second-order valence-electron chi connectivity index (χ2n) is 6.17. The summed E-state index contributed by atoms with van der Waals surface area (Å²) in [6.07, 6.45) is 0.0127. The van der Waals surface area contributed by atoms with Crippen LogP contribution in [0.1, 0.15) is 19.4 Å². The third-order valence-corrected chi connectivity index (χ3v) is 3.59. The van der Waals surface area contributed by atoms with E-state index in [1.54, 1.807) is 24.3 Å². The van der Waals surface area contributed by atoms with E-state index in [0.717, 1.165) is 19.6 Å². The minimum Gasteiger partial charge on any atom is -0.374 e. The van der Waals surface area contributed by atoms with Gasteiger partial charge in [-0.1, -0.05) is 19.9 Å². The number of nitrogens with zero attached hydrogens (tertiary/aromatic N) is 2. The van der Waals surface area contributed by atoms with E-state index >= 15 is 0 Å². The van der Waals surface area contributed by atoms with Crippen LogP contribution in [0.4, 0.5) is 10.5 Å². The first-order valence-electron chi connectivity index (χ1n) is 7.96. The summed E-state index contributed by atoms with van der Waals surface area (Å²) in [7, 11) is 0. The van der Waals surface area contributed by atoms with Crippen LogP contribution in [0.3, 0.4) is 0 Å². The van der Waals surface area contributed by atoms with Crippen molar-refractivity contribution in [3.63, 3.8) is 0 Å². The Balaban J connectivity index is 1.76. The molecular weight excluding hydrogens is 292 g/mol. The van der Waals surface area contributed by atoms with Crippen molar-refractivity contribution < 1.29 is 9.53 Å². The average molecular weight is 316 g/mol. The Labute approximate surface area is 137 Å². The first-order valence-corrected chi connectivity index (χ1v) is 7.96. The summed E-state index contributed by atoms with van der Waals surface area (Å²) in [4.78, 5) is 14.3. The predicted octanol–water partition coefficient (Wildman–Crippen LogP) is 2.04. The van der Waals surface area contributed by atoms with Crippen LogP contribution in [0.25, 0.3) is 0 Å². The lowest BCUT2D eigenvalue weighted by Gasteiger charge is -2.33. The van der Waals surface area contributed by atoms with Gasteiger partial charge in [-0.3, -0.25) is 4.90 Å². The number of carbonyl (C=O) groups is 1. The molecule has 1 atom stereocenters. The second-order valence-corrected chi connectivity index (χ2v) is 6.17. The molecule has 0 aromatic heterocycles. The molecule has 6 nitrogen and oxygen atoms in total. The van der Waals surface area contributed by atoms with Gasteiger partial charge >= 0.3 is 6.03 Å². The summed E-state index contributed by atoms with van der Waals surface area (Å²) in [6, 6.07) is 8.59. The number of ether oxygens (including phenoxy) is 1. The number of nitrogens with one attached hydrogen (secondary N) is 2. The lowest BCUT2D eigenvalue weighted by molar-refractivity contribution is -0.0288. The number of hydrogen-bond acceptors (Lipinski definition) is 4. The van der Waals surface area contributed by atoms with E-state index in [-0.39, 0.29) is 12.1 Å². The van der Waals surface area contributed by atoms with E-state index in [0.29, 0.717) is 30.3 Å². The number of rotatable bonds is 5. The van der Waals surface area contributed by atoms with Gasteiger partial charge in [0.05, 0.1) is 24.3 Å². The summed E-state index contributed by atoms with van der Waals surface area (Å²) < 4.78 is 5.70. The van der Waals surface area contributed by atoms with Crippen LogP contribution in [-0.2, 0) is 4.74 Å². The Bertz CT molecular complexity index is 568. The van der Waals surface area contributed by atoms with Crippen LogP contribution >= 0.6 is 0 Å². The topological polar surface area (TPSA) is 77.4 Å². The number of anilines is 1. The maximum Gasteiger partial charge on any atom is 0.319 e. The van der Waals surface area contributed by atoms with Crippen molar-refractivity contribution in [2.75, 3.05) is 38.1 Å². The van der Waals surface area contributed by atoms with Crippen molar-refractivity contribution in [2.24, 2.45) is 5.92 Å². The van der Waals surface area contributed by atoms with E-state index in [1.165, 1.54) is 0 Å². The van der Waals surface area contributed by atoms with Crippen LogP contribution in [0.15, 0.2) is 24.3 Å². The van der Waals surface area contributed by atoms with Crippen LogP contribution in [0.2, 0.25) is 0 Å². The minimum absolute atomic E-state index is 0.0127. The summed E-state index contributed by atoms with van der Waals surface area (Å²) >= 11 is 0. The van der Waals surface area contributed by atoms with Gasteiger partial charge in [-0.2, -0.15) is 5.26 Å². The maximum atomic E-state index is 11.9. The van der Waals surface area contributed by atoms with Crippen molar-refractivity contribution in [2.45, 2.75) is 20.0 Å². The molecule has 0 saturated carbocycles. The highest BCUT2D eigenvalue weighted by molar-refractivity contribution is 5.89. The number of carbonyl (C=O) groups excluding carboxylic acids is 1. The SMILES string of the molecule is CC(C)CN1CCOC(CNC(=O)Nc2cccc(C#N)c2)C1. The lowest BCUT2D eigenvalue weighted by Crippen LogP contribution is -2.48. The fourth-order valence-corrected chi connectivity index (χ4v) is 2.63. The number of morpholine rings is 1. The molecule has 0 aliphatic carbocycles. The highest BCUT2D eigenvalue weighted by Gasteiger charge is 2.21. The third-order valence-electron chi connectivity index (χ3n) is 3.59. The Hall–Kier alpha value is -2.10. The molecule has 1 aromatic rings. The van der Waals surface area contributed by atoms with Crippen molar-refractivity contribution in [3.8, 4) is 6.07 Å². The number of nitriles is 1. The third kappa shape index (κ3) is 5.89. The van der Waals surface area contributed by atoms with Crippen molar-refractivity contribution in [1.29, 1.82) is 5.26 Å². The molecule has 2 amide bonds. The molecule has 0 spiro atoms. The van der Waals surface area contributed by atoms with Crippen LogP contribution in [0.5, 0.6) is 0 Å². The average Bonchev–Trinajstić information content (AvgIpc) is 2.53. The van der Waals surface area contributed by atoms with Gasteiger partial charge in [-0.15, -0.1) is 0 Å². The van der Waals surface area contributed by atoms with Crippen molar-refractivity contribution >= 4 is 11.7 Å². The fourth-order valence-electron chi connectivity index (χ4n) is 2.63. The molecule has 6 heteroatoms. The molecule has 124 valence electrons. The van der Waals surface area contributed by atoms with Crippen molar-refractivity contribution in [3.05, 3.63) is 29.8 Å². The maximum absolute atomic E-state index is 11.9. The van der Waals surface area contributed by atoms with E-state index in [4.69, 9.17) is 10.00 Å². The monoisotopic (exact) mass is 316 g/mol. The van der Waals surface area contributed by atoms with Gasteiger partial charge < -0.3 is 15.4 Å². The second kappa shape index (κ2) is 8.51. The smallest absolute Gasteiger partial charge is 0.319 e. The van der Waals surface area contributed by atoms with Crippen LogP contribution < -0.4 is 10.6 Å². The molecule has 1 unspecified atom stereocenters. The summed E-state index contributed by atoms with van der Waals surface area (Å²) in [6.45, 7) is 8.40. The van der Waals surface area contributed by atoms with E-state index in [9.17, 15) is 4.79 Å². The highest BCUT2D eigenvalue weighted by Crippen LogP contribution is 2.10. The molecule has 1 aliphatic heterocycles. The Morgan fingerprint density at radius 2 is 2.35 bits per heavy atom. The molecule has 1 aromatic carbocycles. The number of benzene rings is 1. The Morgan fingerprint density at radius 3 is 3.09 bits per heavy atom. The Kier molecular flexibility index (Phi) is 6.39. The van der Waals surface area contributed by atoms with Crippen LogP contribution in [-0.4, -0.2) is 49.8 Å². The molecule has 1 fully saturated rings. The van der Waals surface area contributed by atoms with Gasteiger partial charge in [0.2, 0.25) is 0 Å². The quantitative estimate of drug-likeness (QED) is 0.871. The summed E-state index contributed by atoms with van der Waals surface area (Å²) in [5.74, 6) is 0.623. The first kappa shape index (κ1) is 17.3. The molecule has 1 aliphatic rings. The first-order chi connectivity index (χ1) is 11.1. The molecule has 0 radical (unpaired) electrons. The summed E-state index contributed by atoms with van der Waals surface area (Å²) in [5, 5.41) is 14.4. The molecule has 1 saturated heterocycles. The predicted molar refractivity (Wildman–Crippen MR) is 89.2 cm³/mol. The van der Waals surface area contributed by atoms with E-state index < -0.39 is 0 Å². The standard InChI is InChI=1S/C17H24N4O2/c1-13(2)11-21-6-7-23-16(12-21)10-19-17(22)20-15-5-3-4-14(8-15)9-18/h3-5,8,13,16H,6-7,10-12H2,1-2H3,(H2,19,20,22). The summed E-state index contributed by atoms with van der Waals surface area (Å²) in [5.41, 5.74) is 1.12. The van der Waals surface area contributed by atoms with Gasteiger partial charge in [0.25, 0.3) is 0 Å². The fraction of sp³-hybridized carbons (Fsp3) is 0.529. The number of urea groups is 1. The Morgan fingerprint density at radius 1 is 1.52 bits per heavy atom. The molecule has 23 heavy (non-hydrogen) atoms. The normalized spacial score (nSPS) is 18.4. The largest absolute Gasteiger partial charge is 0.374 e. The zero-order valence-corrected chi connectivity index (χ0v) is 13.7. The number of amides is 2. The molecule has 0 bridgehead atoms. The van der Waals surface area contributed by atoms with Gasteiger partial charge in [-0.25, -0.2) is 4.79 Å². The zero-order chi connectivity index (χ0) is 16.7.